The number of hydrogen-bond donors (Lipinski definition) is 1. The van der Waals surface area contributed by atoms with Crippen LogP contribution in [-0.2, 0) is 11.4 Å². The minimum Gasteiger partial charge on any atom is -0.485 e. The standard InChI is InChI=1S/C22H32N4O2S/c1-15(2)26-20(13-28-19-11-10-16(3)12-17(19)4)24-25-22(26)29-14-21(27)23-18-8-6-5-7-9-18/h10-12,15,18H,5-9,13-14H2,1-4H3,(H,23,27). The molecule has 1 aromatic heterocycles. The molecule has 1 heterocycles. The number of nitrogens with one attached hydrogen (secondary N) is 1. The van der Waals surface area contributed by atoms with Crippen LogP contribution in [0, 0.1) is 13.8 Å². The summed E-state index contributed by atoms with van der Waals surface area (Å²) in [5, 5.41) is 12.6. The highest BCUT2D eigenvalue weighted by Crippen LogP contribution is 2.24. The zero-order chi connectivity index (χ0) is 20.8. The minimum absolute atomic E-state index is 0.0771. The van der Waals surface area contributed by atoms with E-state index < -0.39 is 0 Å². The highest BCUT2D eigenvalue weighted by atomic mass is 32.2. The molecule has 0 saturated heterocycles. The number of rotatable bonds is 8. The molecule has 0 spiro atoms. The van der Waals surface area contributed by atoms with Crippen LogP contribution in [0.2, 0.25) is 0 Å². The van der Waals surface area contributed by atoms with Crippen LogP contribution in [0.3, 0.4) is 0 Å². The summed E-state index contributed by atoms with van der Waals surface area (Å²) in [4.78, 5) is 12.3. The van der Waals surface area contributed by atoms with Crippen LogP contribution in [0.5, 0.6) is 5.75 Å². The second-order valence-electron chi connectivity index (χ2n) is 8.11. The SMILES string of the molecule is Cc1ccc(OCc2nnc(SCC(=O)NC3CCCCC3)n2C(C)C)c(C)c1. The molecule has 1 fully saturated rings. The van der Waals surface area contributed by atoms with E-state index in [9.17, 15) is 4.79 Å². The van der Waals surface area contributed by atoms with E-state index >= 15 is 0 Å². The summed E-state index contributed by atoms with van der Waals surface area (Å²) in [7, 11) is 0. The zero-order valence-electron chi connectivity index (χ0n) is 17.9. The summed E-state index contributed by atoms with van der Waals surface area (Å²) >= 11 is 1.44. The average molecular weight is 417 g/mol. The normalized spacial score (nSPS) is 14.9. The first-order valence-corrected chi connectivity index (χ1v) is 11.5. The highest BCUT2D eigenvalue weighted by molar-refractivity contribution is 7.99. The van der Waals surface area contributed by atoms with E-state index in [1.165, 1.54) is 36.6 Å². The summed E-state index contributed by atoms with van der Waals surface area (Å²) in [6, 6.07) is 6.66. The van der Waals surface area contributed by atoms with Crippen LogP contribution < -0.4 is 10.1 Å². The van der Waals surface area contributed by atoms with Gasteiger partial charge in [0.05, 0.1) is 5.75 Å². The maximum atomic E-state index is 12.3. The van der Waals surface area contributed by atoms with Crippen molar-refractivity contribution >= 4 is 17.7 Å². The number of thioether (sulfide) groups is 1. The molecule has 0 bridgehead atoms. The van der Waals surface area contributed by atoms with E-state index in [2.05, 4.69) is 46.9 Å². The predicted octanol–water partition coefficient (Wildman–Crippen LogP) is 4.60. The Morgan fingerprint density at radius 1 is 1.24 bits per heavy atom. The predicted molar refractivity (Wildman–Crippen MR) is 116 cm³/mol. The van der Waals surface area contributed by atoms with Gasteiger partial charge in [-0.05, 0) is 52.2 Å². The number of aromatic nitrogens is 3. The van der Waals surface area contributed by atoms with E-state index in [1.807, 2.05) is 19.1 Å². The molecule has 0 unspecified atom stereocenters. The Morgan fingerprint density at radius 2 is 2.00 bits per heavy atom. The Hall–Kier alpha value is -2.02. The summed E-state index contributed by atoms with van der Waals surface area (Å²) < 4.78 is 8.05. The van der Waals surface area contributed by atoms with Gasteiger partial charge in [-0.15, -0.1) is 10.2 Å². The molecule has 29 heavy (non-hydrogen) atoms. The first kappa shape index (κ1) is 21.7. The Labute approximate surface area is 177 Å². The van der Waals surface area contributed by atoms with Gasteiger partial charge in [0.15, 0.2) is 11.0 Å². The van der Waals surface area contributed by atoms with Crippen molar-refractivity contribution in [3.05, 3.63) is 35.2 Å². The van der Waals surface area contributed by atoms with Gasteiger partial charge >= 0.3 is 0 Å². The Balaban J connectivity index is 1.59. The van der Waals surface area contributed by atoms with Gasteiger partial charge in [0, 0.05) is 12.1 Å². The molecule has 0 radical (unpaired) electrons. The van der Waals surface area contributed by atoms with Gasteiger partial charge in [0.25, 0.3) is 0 Å². The van der Waals surface area contributed by atoms with Gasteiger partial charge in [-0.1, -0.05) is 48.7 Å². The number of ether oxygens (including phenoxy) is 1. The fraction of sp³-hybridized carbons (Fsp3) is 0.591. The molecule has 1 saturated carbocycles. The molecular weight excluding hydrogens is 384 g/mol. The first-order chi connectivity index (χ1) is 13.9. The van der Waals surface area contributed by atoms with Crippen molar-refractivity contribution in [1.82, 2.24) is 20.1 Å². The van der Waals surface area contributed by atoms with Crippen molar-refractivity contribution < 1.29 is 9.53 Å². The molecule has 1 aromatic carbocycles. The smallest absolute Gasteiger partial charge is 0.230 e. The number of amides is 1. The fourth-order valence-electron chi connectivity index (χ4n) is 3.77. The topological polar surface area (TPSA) is 69.0 Å². The van der Waals surface area contributed by atoms with Crippen LogP contribution in [0.25, 0.3) is 0 Å². The summed E-state index contributed by atoms with van der Waals surface area (Å²) in [6.07, 6.45) is 5.90. The van der Waals surface area contributed by atoms with E-state index in [0.29, 0.717) is 18.4 Å². The van der Waals surface area contributed by atoms with Gasteiger partial charge in [-0.25, -0.2) is 0 Å². The van der Waals surface area contributed by atoms with Gasteiger partial charge in [-0.2, -0.15) is 0 Å². The van der Waals surface area contributed by atoms with E-state index in [4.69, 9.17) is 4.74 Å². The van der Waals surface area contributed by atoms with Gasteiger partial charge in [0.2, 0.25) is 5.91 Å². The lowest BCUT2D eigenvalue weighted by Crippen LogP contribution is -2.37. The lowest BCUT2D eigenvalue weighted by Gasteiger charge is -2.22. The number of hydrogen-bond acceptors (Lipinski definition) is 5. The number of carbonyl (C=O) groups excluding carboxylic acids is 1. The Kier molecular flexibility index (Phi) is 7.58. The summed E-state index contributed by atoms with van der Waals surface area (Å²) in [6.45, 7) is 8.65. The van der Waals surface area contributed by atoms with Gasteiger partial charge in [-0.3, -0.25) is 4.79 Å². The molecule has 1 aliphatic rings. The third kappa shape index (κ3) is 5.98. The molecule has 1 amide bonds. The quantitative estimate of drug-likeness (QED) is 0.637. The second kappa shape index (κ2) is 10.1. The number of aryl methyl sites for hydroxylation is 2. The van der Waals surface area contributed by atoms with Crippen LogP contribution in [-0.4, -0.2) is 32.5 Å². The van der Waals surface area contributed by atoms with Gasteiger partial charge < -0.3 is 14.6 Å². The minimum atomic E-state index is 0.0771. The lowest BCUT2D eigenvalue weighted by molar-refractivity contribution is -0.119. The summed E-state index contributed by atoms with van der Waals surface area (Å²) in [5.74, 6) is 2.07. The maximum Gasteiger partial charge on any atom is 0.230 e. The first-order valence-electron chi connectivity index (χ1n) is 10.5. The van der Waals surface area contributed by atoms with Crippen molar-refractivity contribution in [3.63, 3.8) is 0 Å². The third-order valence-electron chi connectivity index (χ3n) is 5.24. The van der Waals surface area contributed by atoms with Gasteiger partial charge in [0.1, 0.15) is 12.4 Å². The third-order valence-corrected chi connectivity index (χ3v) is 6.18. The molecule has 2 aromatic rings. The van der Waals surface area contributed by atoms with E-state index in [0.717, 1.165) is 35.1 Å². The lowest BCUT2D eigenvalue weighted by atomic mass is 9.95. The van der Waals surface area contributed by atoms with Crippen molar-refractivity contribution in [2.75, 3.05) is 5.75 Å². The number of benzene rings is 1. The zero-order valence-corrected chi connectivity index (χ0v) is 18.7. The van der Waals surface area contributed by atoms with Crippen LogP contribution in [0.1, 0.15) is 68.9 Å². The van der Waals surface area contributed by atoms with Crippen molar-refractivity contribution in [3.8, 4) is 5.75 Å². The fourth-order valence-corrected chi connectivity index (χ4v) is 4.67. The van der Waals surface area contributed by atoms with Crippen molar-refractivity contribution in [2.24, 2.45) is 0 Å². The molecule has 3 rings (SSSR count). The van der Waals surface area contributed by atoms with Crippen molar-refractivity contribution in [1.29, 1.82) is 0 Å². The van der Waals surface area contributed by atoms with Crippen LogP contribution in [0.4, 0.5) is 0 Å². The number of nitrogens with zero attached hydrogens (tertiary/aromatic N) is 3. The Bertz CT molecular complexity index is 828. The summed E-state index contributed by atoms with van der Waals surface area (Å²) in [5.41, 5.74) is 2.32. The van der Waals surface area contributed by atoms with E-state index in [-0.39, 0.29) is 11.9 Å². The molecule has 1 N–H and O–H groups in total. The maximum absolute atomic E-state index is 12.3. The molecule has 158 valence electrons. The molecular formula is C22H32N4O2S. The largest absolute Gasteiger partial charge is 0.485 e. The van der Waals surface area contributed by atoms with Crippen LogP contribution in [0.15, 0.2) is 23.4 Å². The van der Waals surface area contributed by atoms with Crippen LogP contribution >= 0.6 is 11.8 Å². The molecule has 7 heteroatoms. The molecule has 1 aliphatic carbocycles. The van der Waals surface area contributed by atoms with Crippen molar-refractivity contribution in [2.45, 2.75) is 83.6 Å². The van der Waals surface area contributed by atoms with E-state index in [1.54, 1.807) is 0 Å². The average Bonchev–Trinajstić information content (AvgIpc) is 3.10. The Morgan fingerprint density at radius 3 is 2.69 bits per heavy atom. The highest BCUT2D eigenvalue weighted by Gasteiger charge is 2.19. The molecule has 0 aliphatic heterocycles. The monoisotopic (exact) mass is 416 g/mol. The molecule has 0 atom stereocenters. The number of carbonyl (C=O) groups is 1. The second-order valence-corrected chi connectivity index (χ2v) is 9.05. The molecule has 6 nitrogen and oxygen atoms in total.